The van der Waals surface area contributed by atoms with E-state index >= 15 is 0 Å². The zero-order chi connectivity index (χ0) is 20.0. The van der Waals surface area contributed by atoms with Gasteiger partial charge < -0.3 is 5.32 Å². The van der Waals surface area contributed by atoms with Gasteiger partial charge >= 0.3 is 0 Å². The van der Waals surface area contributed by atoms with Gasteiger partial charge in [0.25, 0.3) is 0 Å². The summed E-state index contributed by atoms with van der Waals surface area (Å²) in [6.45, 7) is 0. The van der Waals surface area contributed by atoms with Crippen molar-refractivity contribution >= 4 is 33.0 Å². The summed E-state index contributed by atoms with van der Waals surface area (Å²) in [7, 11) is -3.41. The number of nitrogens with one attached hydrogen (secondary N) is 2. The third-order valence-electron chi connectivity index (χ3n) is 4.17. The largest absolute Gasteiger partial charge is 0.348 e. The van der Waals surface area contributed by atoms with Crippen molar-refractivity contribution in [3.63, 3.8) is 0 Å². The van der Waals surface area contributed by atoms with Gasteiger partial charge in [0, 0.05) is 4.88 Å². The van der Waals surface area contributed by atoms with Gasteiger partial charge in [-0.05, 0) is 35.1 Å². The summed E-state index contributed by atoms with van der Waals surface area (Å²) >= 11 is 1.60. The number of benzene rings is 2. The molecule has 1 heterocycles. The molecule has 0 radical (unpaired) electrons. The molecule has 0 saturated carbocycles. The van der Waals surface area contributed by atoms with Crippen LogP contribution in [-0.2, 0) is 27.7 Å². The first-order valence-corrected chi connectivity index (χ1v) is 11.6. The van der Waals surface area contributed by atoms with Gasteiger partial charge in [0.15, 0.2) is 0 Å². The van der Waals surface area contributed by atoms with Crippen LogP contribution in [0.1, 0.15) is 22.0 Å². The van der Waals surface area contributed by atoms with Crippen LogP contribution in [0.25, 0.3) is 0 Å². The number of rotatable bonds is 8. The summed E-state index contributed by atoms with van der Waals surface area (Å²) in [5.74, 6) is -0.155. The molecule has 0 bridgehead atoms. The number of sulfonamides is 1. The SMILES string of the molecule is CS(=O)(=O)Nc1ccccc1CC(=O)NC(Cc1ccccc1)c1cccs1. The van der Waals surface area contributed by atoms with Crippen LogP contribution in [0.3, 0.4) is 0 Å². The summed E-state index contributed by atoms with van der Waals surface area (Å²) in [6, 6.07) is 20.8. The Morgan fingerprint density at radius 1 is 1.00 bits per heavy atom. The molecule has 1 unspecified atom stereocenters. The van der Waals surface area contributed by atoms with Crippen LogP contribution < -0.4 is 10.0 Å². The maximum atomic E-state index is 12.7. The van der Waals surface area contributed by atoms with Gasteiger partial charge in [-0.25, -0.2) is 8.42 Å². The number of hydrogen-bond acceptors (Lipinski definition) is 4. The highest BCUT2D eigenvalue weighted by Gasteiger charge is 2.18. The molecule has 2 N–H and O–H groups in total. The second kappa shape index (κ2) is 9.03. The molecule has 0 aliphatic heterocycles. The van der Waals surface area contributed by atoms with Crippen molar-refractivity contribution < 1.29 is 13.2 Å². The maximum Gasteiger partial charge on any atom is 0.229 e. The van der Waals surface area contributed by atoms with E-state index in [1.54, 1.807) is 35.6 Å². The number of para-hydroxylation sites is 1. The molecule has 2 aromatic carbocycles. The standard InChI is InChI=1S/C21H22N2O3S2/c1-28(25,26)23-18-11-6-5-10-17(18)15-21(24)22-19(20-12-7-13-27-20)14-16-8-3-2-4-9-16/h2-13,19,23H,14-15H2,1H3,(H,22,24). The van der Waals surface area contributed by atoms with Crippen molar-refractivity contribution in [2.24, 2.45) is 0 Å². The lowest BCUT2D eigenvalue weighted by Gasteiger charge is -2.18. The maximum absolute atomic E-state index is 12.7. The number of thiophene rings is 1. The molecule has 0 fully saturated rings. The van der Waals surface area contributed by atoms with Crippen LogP contribution in [0.2, 0.25) is 0 Å². The molecule has 3 aromatic rings. The van der Waals surface area contributed by atoms with Crippen molar-refractivity contribution in [2.45, 2.75) is 18.9 Å². The minimum atomic E-state index is -3.41. The number of carbonyl (C=O) groups is 1. The molecule has 1 atom stereocenters. The monoisotopic (exact) mass is 414 g/mol. The van der Waals surface area contributed by atoms with Crippen molar-refractivity contribution in [2.75, 3.05) is 11.0 Å². The minimum absolute atomic E-state index is 0.0926. The Kier molecular flexibility index (Phi) is 6.49. The third-order valence-corrected chi connectivity index (χ3v) is 5.74. The Bertz CT molecular complexity index is 1020. The van der Waals surface area contributed by atoms with E-state index in [0.717, 1.165) is 16.7 Å². The van der Waals surface area contributed by atoms with Gasteiger partial charge in [0.2, 0.25) is 15.9 Å². The van der Waals surface area contributed by atoms with Gasteiger partial charge in [0.1, 0.15) is 0 Å². The molecular formula is C21H22N2O3S2. The van der Waals surface area contributed by atoms with Crippen LogP contribution in [0, 0.1) is 0 Å². The first-order chi connectivity index (χ1) is 13.4. The molecule has 146 valence electrons. The Morgan fingerprint density at radius 2 is 1.71 bits per heavy atom. The molecule has 0 spiro atoms. The molecule has 3 rings (SSSR count). The average molecular weight is 415 g/mol. The number of amides is 1. The fourth-order valence-electron chi connectivity index (χ4n) is 2.95. The van der Waals surface area contributed by atoms with E-state index in [2.05, 4.69) is 10.0 Å². The summed E-state index contributed by atoms with van der Waals surface area (Å²) < 4.78 is 25.6. The van der Waals surface area contributed by atoms with Gasteiger partial charge in [-0.2, -0.15) is 0 Å². The normalized spacial score (nSPS) is 12.3. The average Bonchev–Trinajstić information content (AvgIpc) is 3.17. The van der Waals surface area contributed by atoms with Crippen LogP contribution in [-0.4, -0.2) is 20.6 Å². The second-order valence-electron chi connectivity index (χ2n) is 6.53. The first kappa shape index (κ1) is 20.1. The highest BCUT2D eigenvalue weighted by Crippen LogP contribution is 2.24. The van der Waals surface area contributed by atoms with Crippen LogP contribution in [0.15, 0.2) is 72.1 Å². The molecule has 5 nitrogen and oxygen atoms in total. The quantitative estimate of drug-likeness (QED) is 0.589. The van der Waals surface area contributed by atoms with E-state index in [4.69, 9.17) is 0 Å². The van der Waals surface area contributed by atoms with E-state index < -0.39 is 10.0 Å². The Morgan fingerprint density at radius 3 is 2.39 bits per heavy atom. The van der Waals surface area contributed by atoms with E-state index in [1.807, 2.05) is 47.8 Å². The lowest BCUT2D eigenvalue weighted by molar-refractivity contribution is -0.121. The molecule has 7 heteroatoms. The van der Waals surface area contributed by atoms with E-state index in [1.165, 1.54) is 0 Å². The predicted octanol–water partition coefficient (Wildman–Crippen LogP) is 3.76. The van der Waals surface area contributed by atoms with Crippen molar-refractivity contribution in [3.8, 4) is 0 Å². The van der Waals surface area contributed by atoms with Crippen LogP contribution in [0.4, 0.5) is 5.69 Å². The zero-order valence-corrected chi connectivity index (χ0v) is 17.1. The summed E-state index contributed by atoms with van der Waals surface area (Å²) in [6.07, 6.45) is 1.88. The Labute approximate surface area is 169 Å². The highest BCUT2D eigenvalue weighted by atomic mass is 32.2. The second-order valence-corrected chi connectivity index (χ2v) is 9.26. The lowest BCUT2D eigenvalue weighted by Crippen LogP contribution is -2.31. The molecule has 1 amide bonds. The smallest absolute Gasteiger partial charge is 0.229 e. The molecule has 28 heavy (non-hydrogen) atoms. The summed E-state index contributed by atoms with van der Waals surface area (Å²) in [5, 5.41) is 5.09. The number of anilines is 1. The van der Waals surface area contributed by atoms with Crippen molar-refractivity contribution in [3.05, 3.63) is 88.1 Å². The third kappa shape index (κ3) is 5.94. The summed E-state index contributed by atoms with van der Waals surface area (Å²) in [4.78, 5) is 13.8. The van der Waals surface area contributed by atoms with Gasteiger partial charge in [-0.1, -0.05) is 54.6 Å². The Balaban J connectivity index is 1.74. The first-order valence-electron chi connectivity index (χ1n) is 8.83. The molecular weight excluding hydrogens is 392 g/mol. The number of carbonyl (C=O) groups excluding carboxylic acids is 1. The van der Waals surface area contributed by atoms with Gasteiger partial charge in [0.05, 0.1) is 24.4 Å². The minimum Gasteiger partial charge on any atom is -0.348 e. The van der Waals surface area contributed by atoms with E-state index in [-0.39, 0.29) is 18.4 Å². The summed E-state index contributed by atoms with van der Waals surface area (Å²) in [5.41, 5.74) is 2.20. The Hall–Kier alpha value is -2.64. The molecule has 1 aromatic heterocycles. The predicted molar refractivity (Wildman–Crippen MR) is 114 cm³/mol. The highest BCUT2D eigenvalue weighted by molar-refractivity contribution is 7.92. The van der Waals surface area contributed by atoms with Gasteiger partial charge in [-0.15, -0.1) is 11.3 Å². The fourth-order valence-corrected chi connectivity index (χ4v) is 4.33. The molecule has 0 aliphatic carbocycles. The van der Waals surface area contributed by atoms with Crippen LogP contribution in [0.5, 0.6) is 0 Å². The lowest BCUT2D eigenvalue weighted by atomic mass is 10.0. The fraction of sp³-hybridized carbons (Fsp3) is 0.190. The molecule has 0 aliphatic rings. The van der Waals surface area contributed by atoms with E-state index in [9.17, 15) is 13.2 Å². The topological polar surface area (TPSA) is 75.3 Å². The number of hydrogen-bond donors (Lipinski definition) is 2. The van der Waals surface area contributed by atoms with E-state index in [0.29, 0.717) is 17.7 Å². The van der Waals surface area contributed by atoms with Gasteiger partial charge in [-0.3, -0.25) is 9.52 Å². The van der Waals surface area contributed by atoms with Crippen molar-refractivity contribution in [1.82, 2.24) is 5.32 Å². The van der Waals surface area contributed by atoms with Crippen LogP contribution >= 0.6 is 11.3 Å². The molecule has 0 saturated heterocycles. The zero-order valence-electron chi connectivity index (χ0n) is 15.5. The van der Waals surface area contributed by atoms with Crippen molar-refractivity contribution in [1.29, 1.82) is 0 Å².